The summed E-state index contributed by atoms with van der Waals surface area (Å²) in [4.78, 5) is 45.4. The topological polar surface area (TPSA) is 166 Å². The fraction of sp³-hybridized carbons (Fsp3) is 0.292. The van der Waals surface area contributed by atoms with Gasteiger partial charge in [-0.3, -0.25) is 9.59 Å². The second-order valence-corrected chi connectivity index (χ2v) is 8.66. The molecule has 0 saturated carbocycles. The Morgan fingerprint density at radius 2 is 1.97 bits per heavy atom. The number of Topliss-reactive ketones (excluding diaryl/α,β-unsaturated/α-hetero) is 1. The molecule has 0 unspecified atom stereocenters. The molecular weight excluding hydrogens is 504 g/mol. The van der Waals surface area contributed by atoms with Crippen LogP contribution in [0.5, 0.6) is 5.75 Å². The van der Waals surface area contributed by atoms with Gasteiger partial charge in [0.2, 0.25) is 0 Å². The number of H-pyrrole nitrogens is 1. The molecule has 1 N–H and O–H groups in total. The van der Waals surface area contributed by atoms with Gasteiger partial charge in [-0.1, -0.05) is 11.1 Å². The summed E-state index contributed by atoms with van der Waals surface area (Å²) >= 11 is 0. The summed E-state index contributed by atoms with van der Waals surface area (Å²) in [6.45, 7) is 3.83. The number of carbonyl (C=O) groups excluding carboxylic acids is 2. The molecule has 1 amide bonds. The molecule has 198 valence electrons. The van der Waals surface area contributed by atoms with Crippen LogP contribution in [0.15, 0.2) is 37.0 Å². The van der Waals surface area contributed by atoms with E-state index in [4.69, 9.17) is 13.0 Å². The van der Waals surface area contributed by atoms with Crippen molar-refractivity contribution in [3.05, 3.63) is 53.9 Å². The number of aryl methyl sites for hydroxylation is 1. The van der Waals surface area contributed by atoms with Crippen molar-refractivity contribution in [3.8, 4) is 17.4 Å². The van der Waals surface area contributed by atoms with Crippen molar-refractivity contribution in [1.29, 1.82) is 0 Å². The number of carbonyl (C=O) groups is 2. The van der Waals surface area contributed by atoms with Gasteiger partial charge in [-0.25, -0.2) is 19.6 Å². The SMILES string of the molecule is [2H]c1nc(-n2nnnc2N2CCN(C(=O)C(=O)c3c[nH]c4c(-n5cnc(C)n5)ncc(OC([2H])([2H])[2H])c34)CC2)c([2H])c([2H])c1C. The normalized spacial score (nSPS) is 16.3. The minimum Gasteiger partial charge on any atom is -0.494 e. The average molecular weight is 535 g/mol. The summed E-state index contributed by atoms with van der Waals surface area (Å²) < 4.78 is 54.8. The number of aromatic nitrogens is 10. The smallest absolute Gasteiger partial charge is 0.295 e. The molecular formula is C24H24N12O3. The van der Waals surface area contributed by atoms with E-state index in [1.54, 1.807) is 11.8 Å². The fourth-order valence-electron chi connectivity index (χ4n) is 4.31. The van der Waals surface area contributed by atoms with Crippen molar-refractivity contribution in [3.63, 3.8) is 0 Å². The number of tetrazole rings is 1. The molecule has 15 heteroatoms. The first-order valence-corrected chi connectivity index (χ1v) is 11.7. The molecule has 1 aliphatic rings. The van der Waals surface area contributed by atoms with Crippen LogP contribution in [0, 0.1) is 13.8 Å². The highest BCUT2D eigenvalue weighted by molar-refractivity contribution is 6.45. The molecule has 1 saturated heterocycles. The zero-order chi connectivity index (χ0) is 32.2. The molecule has 6 rings (SSSR count). The molecule has 5 aromatic heterocycles. The maximum Gasteiger partial charge on any atom is 0.295 e. The quantitative estimate of drug-likeness (QED) is 0.240. The lowest BCUT2D eigenvalue weighted by Gasteiger charge is -2.34. The van der Waals surface area contributed by atoms with E-state index in [9.17, 15) is 9.59 Å². The minimum absolute atomic E-state index is 0.0553. The van der Waals surface area contributed by atoms with Crippen LogP contribution in [0.3, 0.4) is 0 Å². The number of fused-ring (bicyclic) bond motifs is 1. The van der Waals surface area contributed by atoms with Crippen molar-refractivity contribution in [2.45, 2.75) is 13.8 Å². The molecule has 1 fully saturated rings. The number of anilines is 1. The van der Waals surface area contributed by atoms with Gasteiger partial charge in [0.25, 0.3) is 17.6 Å². The number of methoxy groups -OCH3 is 1. The second-order valence-electron chi connectivity index (χ2n) is 8.66. The first-order valence-electron chi connectivity index (χ1n) is 14.7. The Hall–Kier alpha value is -5.21. The third-order valence-corrected chi connectivity index (χ3v) is 6.22. The Bertz CT molecular complexity index is 1960. The number of hydrogen-bond acceptors (Lipinski definition) is 11. The number of pyridine rings is 2. The summed E-state index contributed by atoms with van der Waals surface area (Å²) in [5, 5.41) is 15.9. The van der Waals surface area contributed by atoms with Crippen LogP contribution in [0.25, 0.3) is 22.5 Å². The molecule has 6 heterocycles. The third kappa shape index (κ3) is 4.22. The maximum absolute atomic E-state index is 13.6. The maximum atomic E-state index is 13.6. The van der Waals surface area contributed by atoms with Crippen LogP contribution in [0.2, 0.25) is 0 Å². The second kappa shape index (κ2) is 9.59. The molecule has 1 aliphatic heterocycles. The Kier molecular flexibility index (Phi) is 4.45. The lowest BCUT2D eigenvalue weighted by atomic mass is 10.1. The lowest BCUT2D eigenvalue weighted by molar-refractivity contribution is -0.126. The summed E-state index contributed by atoms with van der Waals surface area (Å²) in [6.07, 6.45) is 3.68. The number of piperazine rings is 1. The number of ketones is 1. The largest absolute Gasteiger partial charge is 0.494 e. The van der Waals surface area contributed by atoms with E-state index >= 15 is 0 Å². The molecule has 39 heavy (non-hydrogen) atoms. The van der Waals surface area contributed by atoms with Crippen LogP contribution < -0.4 is 9.64 Å². The fourth-order valence-corrected chi connectivity index (χ4v) is 4.31. The van der Waals surface area contributed by atoms with E-state index in [-0.39, 0.29) is 89.8 Å². The van der Waals surface area contributed by atoms with Gasteiger partial charge in [-0.15, -0.1) is 0 Å². The van der Waals surface area contributed by atoms with Gasteiger partial charge in [0.1, 0.15) is 17.9 Å². The summed E-state index contributed by atoms with van der Waals surface area (Å²) in [5.74, 6) is -1.14. The first-order chi connectivity index (χ1) is 21.3. The van der Waals surface area contributed by atoms with Crippen molar-refractivity contribution in [2.24, 2.45) is 0 Å². The molecule has 0 radical (unpaired) electrons. The Labute approximate surface area is 229 Å². The standard InChI is InChI=1S/C24H24N12O3/c1-14-4-5-18(25-10-14)36-24(29-31-32-36)34-8-6-33(7-9-34)23(38)21(37)16-11-26-20-19(16)17(39-3)12-27-22(20)35-13-28-15(2)30-35/h4-5,10-13,26H,6-9H2,1-3H3/i3D3,4D,5D,10D. The lowest BCUT2D eigenvalue weighted by Crippen LogP contribution is -2.51. The van der Waals surface area contributed by atoms with Crippen molar-refractivity contribution in [2.75, 3.05) is 38.1 Å². The number of nitrogens with zero attached hydrogens (tertiary/aromatic N) is 11. The predicted molar refractivity (Wildman–Crippen MR) is 137 cm³/mol. The van der Waals surface area contributed by atoms with Gasteiger partial charge >= 0.3 is 0 Å². The summed E-state index contributed by atoms with van der Waals surface area (Å²) in [5.41, 5.74) is 0.370. The van der Waals surface area contributed by atoms with Crippen molar-refractivity contribution < 1.29 is 22.6 Å². The molecule has 15 nitrogen and oxygen atoms in total. The van der Waals surface area contributed by atoms with Gasteiger partial charge in [-0.05, 0) is 35.9 Å². The van der Waals surface area contributed by atoms with Gasteiger partial charge in [-0.2, -0.15) is 9.78 Å². The van der Waals surface area contributed by atoms with Crippen molar-refractivity contribution >= 4 is 28.5 Å². The summed E-state index contributed by atoms with van der Waals surface area (Å²) in [6, 6.07) is -0.404. The molecule has 0 atom stereocenters. The zero-order valence-electron chi connectivity index (χ0n) is 26.7. The molecule has 0 spiro atoms. The Morgan fingerprint density at radius 1 is 1.13 bits per heavy atom. The van der Waals surface area contributed by atoms with E-state index in [1.165, 1.54) is 33.7 Å². The monoisotopic (exact) mass is 534 g/mol. The van der Waals surface area contributed by atoms with Crippen LogP contribution in [-0.4, -0.2) is 99.7 Å². The van der Waals surface area contributed by atoms with Crippen LogP contribution >= 0.6 is 0 Å². The van der Waals surface area contributed by atoms with Crippen molar-refractivity contribution in [1.82, 2.24) is 54.8 Å². The van der Waals surface area contributed by atoms with Gasteiger partial charge in [0.05, 0.1) is 37.9 Å². The van der Waals surface area contributed by atoms with E-state index in [2.05, 4.69) is 40.6 Å². The van der Waals surface area contributed by atoms with Crippen LogP contribution in [0.1, 0.15) is 30.0 Å². The Morgan fingerprint density at radius 3 is 2.74 bits per heavy atom. The highest BCUT2D eigenvalue weighted by Gasteiger charge is 2.31. The molecule has 0 aromatic carbocycles. The highest BCUT2D eigenvalue weighted by Crippen LogP contribution is 2.32. The van der Waals surface area contributed by atoms with Gasteiger partial charge < -0.3 is 19.5 Å². The van der Waals surface area contributed by atoms with Crippen LogP contribution in [-0.2, 0) is 4.79 Å². The Balaban J connectivity index is 1.25. The number of ether oxygens (including phenoxy) is 1. The zero-order valence-corrected chi connectivity index (χ0v) is 20.7. The third-order valence-electron chi connectivity index (χ3n) is 6.22. The number of amides is 1. The van der Waals surface area contributed by atoms with E-state index in [0.29, 0.717) is 5.82 Å². The molecule has 0 bridgehead atoms. The van der Waals surface area contributed by atoms with E-state index in [0.717, 1.165) is 6.20 Å². The number of hydrogen-bond donors (Lipinski definition) is 1. The van der Waals surface area contributed by atoms with Gasteiger partial charge in [0.15, 0.2) is 11.6 Å². The molecule has 0 aliphatic carbocycles. The summed E-state index contributed by atoms with van der Waals surface area (Å²) in [7, 11) is -2.85. The first kappa shape index (κ1) is 18.1. The van der Waals surface area contributed by atoms with E-state index < -0.39 is 18.7 Å². The number of nitrogens with one attached hydrogen (secondary N) is 1. The number of rotatable bonds is 6. The predicted octanol–water partition coefficient (Wildman–Crippen LogP) is 0.671. The van der Waals surface area contributed by atoms with E-state index in [1.807, 2.05) is 0 Å². The minimum atomic E-state index is -2.85. The number of aromatic amines is 1. The average Bonchev–Trinajstić information content (AvgIpc) is 3.77. The molecule has 5 aromatic rings. The van der Waals surface area contributed by atoms with Gasteiger partial charge in [0, 0.05) is 38.5 Å². The van der Waals surface area contributed by atoms with Crippen LogP contribution in [0.4, 0.5) is 5.95 Å². The highest BCUT2D eigenvalue weighted by atomic mass is 16.5.